The van der Waals surface area contributed by atoms with Gasteiger partial charge in [0.1, 0.15) is 0 Å². The molecule has 24 heavy (non-hydrogen) atoms. The number of nitrogens with one attached hydrogen (secondary N) is 2. The largest absolute Gasteiger partial charge is 0.356 e. The smallest absolute Gasteiger partial charge is 0.191 e. The van der Waals surface area contributed by atoms with Gasteiger partial charge in [-0.2, -0.15) is 0 Å². The van der Waals surface area contributed by atoms with Crippen LogP contribution in [0, 0.1) is 0 Å². The molecule has 0 radical (unpaired) electrons. The van der Waals surface area contributed by atoms with Gasteiger partial charge in [0.2, 0.25) is 0 Å². The van der Waals surface area contributed by atoms with E-state index in [1.165, 1.54) is 15.4 Å². The van der Waals surface area contributed by atoms with E-state index in [2.05, 4.69) is 67.7 Å². The Morgan fingerprint density at radius 2 is 2.17 bits per heavy atom. The molecule has 0 aliphatic heterocycles. The van der Waals surface area contributed by atoms with Gasteiger partial charge in [0.25, 0.3) is 0 Å². The van der Waals surface area contributed by atoms with Gasteiger partial charge in [-0.1, -0.05) is 35.0 Å². The molecule has 0 amide bonds. The number of hydrogen-bond donors (Lipinski definition) is 2. The van der Waals surface area contributed by atoms with Crippen LogP contribution in [-0.4, -0.2) is 30.6 Å². The fourth-order valence-electron chi connectivity index (χ4n) is 2.72. The Morgan fingerprint density at radius 1 is 1.38 bits per heavy atom. The van der Waals surface area contributed by atoms with Crippen LogP contribution >= 0.6 is 27.3 Å². The van der Waals surface area contributed by atoms with Crippen molar-refractivity contribution in [2.75, 3.05) is 13.6 Å². The van der Waals surface area contributed by atoms with Crippen LogP contribution in [0.5, 0.6) is 0 Å². The van der Waals surface area contributed by atoms with Crippen molar-refractivity contribution in [1.82, 2.24) is 15.6 Å². The first-order valence-electron chi connectivity index (χ1n) is 8.35. The van der Waals surface area contributed by atoms with Gasteiger partial charge in [-0.3, -0.25) is 4.99 Å². The maximum absolute atomic E-state index is 4.46. The third-order valence-corrected chi connectivity index (χ3v) is 5.95. The number of halogens is 1. The highest BCUT2D eigenvalue weighted by atomic mass is 79.9. The molecular formula is C18H23BrN4S. The standard InChI is InChI=1S/C18H23BrN4S/c1-3-14-11-22-17(24-14)8-9-21-18(20-2)23-16-10-15(16)12-4-6-13(19)7-5-12/h4-7,11,15-16H,3,8-10H2,1-2H3,(H2,20,21,23). The zero-order valence-electron chi connectivity index (χ0n) is 14.1. The Hall–Kier alpha value is -1.40. The van der Waals surface area contributed by atoms with Crippen LogP contribution in [0.2, 0.25) is 0 Å². The first-order chi connectivity index (χ1) is 11.7. The van der Waals surface area contributed by atoms with Gasteiger partial charge in [0.05, 0.1) is 5.01 Å². The van der Waals surface area contributed by atoms with Crippen LogP contribution in [0.25, 0.3) is 0 Å². The Balaban J connectivity index is 1.43. The van der Waals surface area contributed by atoms with Crippen molar-refractivity contribution in [1.29, 1.82) is 0 Å². The van der Waals surface area contributed by atoms with E-state index in [-0.39, 0.29) is 0 Å². The first-order valence-corrected chi connectivity index (χ1v) is 9.96. The summed E-state index contributed by atoms with van der Waals surface area (Å²) in [5.41, 5.74) is 1.39. The molecule has 6 heteroatoms. The Kier molecular flexibility index (Phi) is 5.89. The van der Waals surface area contributed by atoms with Crippen molar-refractivity contribution in [3.05, 3.63) is 50.4 Å². The maximum Gasteiger partial charge on any atom is 0.191 e. The van der Waals surface area contributed by atoms with E-state index in [9.17, 15) is 0 Å². The van der Waals surface area contributed by atoms with Crippen molar-refractivity contribution in [3.63, 3.8) is 0 Å². The highest BCUT2D eigenvalue weighted by Gasteiger charge is 2.38. The molecule has 2 N–H and O–H groups in total. The normalized spacial score (nSPS) is 20.0. The van der Waals surface area contributed by atoms with Gasteiger partial charge < -0.3 is 10.6 Å². The summed E-state index contributed by atoms with van der Waals surface area (Å²) in [7, 11) is 1.82. The number of nitrogens with zero attached hydrogens (tertiary/aromatic N) is 2. The van der Waals surface area contributed by atoms with Gasteiger partial charge in [-0.25, -0.2) is 4.98 Å². The molecule has 2 aromatic rings. The monoisotopic (exact) mass is 406 g/mol. The van der Waals surface area contributed by atoms with E-state index >= 15 is 0 Å². The Labute approximate surface area is 155 Å². The highest BCUT2D eigenvalue weighted by molar-refractivity contribution is 9.10. The summed E-state index contributed by atoms with van der Waals surface area (Å²) in [5, 5.41) is 8.10. The number of benzene rings is 1. The van der Waals surface area contributed by atoms with E-state index in [0.717, 1.165) is 36.2 Å². The molecule has 0 bridgehead atoms. The minimum absolute atomic E-state index is 0.476. The molecule has 128 valence electrons. The minimum Gasteiger partial charge on any atom is -0.356 e. The van der Waals surface area contributed by atoms with Gasteiger partial charge in [0, 0.05) is 47.5 Å². The second-order valence-corrected chi connectivity index (χ2v) is 8.08. The number of aliphatic imine (C=N–C) groups is 1. The molecule has 1 aromatic carbocycles. The summed E-state index contributed by atoms with van der Waals surface area (Å²) in [6.45, 7) is 3.02. The van der Waals surface area contributed by atoms with Crippen molar-refractivity contribution >= 4 is 33.2 Å². The molecule has 1 aliphatic rings. The van der Waals surface area contributed by atoms with E-state index in [0.29, 0.717) is 12.0 Å². The Morgan fingerprint density at radius 3 is 2.83 bits per heavy atom. The maximum atomic E-state index is 4.46. The third-order valence-electron chi connectivity index (χ3n) is 4.22. The molecule has 1 fully saturated rings. The molecule has 2 atom stereocenters. The first kappa shape index (κ1) is 17.4. The molecule has 1 heterocycles. The number of aromatic nitrogens is 1. The predicted octanol–water partition coefficient (Wildman–Crippen LogP) is 3.73. The summed E-state index contributed by atoms with van der Waals surface area (Å²) in [4.78, 5) is 10.1. The second kappa shape index (κ2) is 8.12. The molecule has 0 spiro atoms. The van der Waals surface area contributed by atoms with Crippen LogP contribution in [0.1, 0.15) is 34.7 Å². The van der Waals surface area contributed by atoms with Gasteiger partial charge in [-0.15, -0.1) is 11.3 Å². The van der Waals surface area contributed by atoms with Crippen molar-refractivity contribution in [3.8, 4) is 0 Å². The van der Waals surface area contributed by atoms with E-state index in [1.807, 2.05) is 13.2 Å². The van der Waals surface area contributed by atoms with Crippen LogP contribution in [0.3, 0.4) is 0 Å². The number of rotatable bonds is 6. The average molecular weight is 407 g/mol. The molecule has 1 aromatic heterocycles. The minimum atomic E-state index is 0.476. The van der Waals surface area contributed by atoms with Crippen molar-refractivity contribution < 1.29 is 0 Å². The molecular weight excluding hydrogens is 384 g/mol. The number of thiazole rings is 1. The number of guanidine groups is 1. The third kappa shape index (κ3) is 4.57. The lowest BCUT2D eigenvalue weighted by Crippen LogP contribution is -2.39. The van der Waals surface area contributed by atoms with Crippen molar-refractivity contribution in [2.45, 2.75) is 38.1 Å². The topological polar surface area (TPSA) is 49.3 Å². The summed E-state index contributed by atoms with van der Waals surface area (Å²) in [5.74, 6) is 1.47. The number of hydrogen-bond acceptors (Lipinski definition) is 3. The average Bonchev–Trinajstić information content (AvgIpc) is 3.21. The molecule has 2 unspecified atom stereocenters. The summed E-state index contributed by atoms with van der Waals surface area (Å²) >= 11 is 5.29. The second-order valence-electron chi connectivity index (χ2n) is 5.97. The van der Waals surface area contributed by atoms with E-state index in [4.69, 9.17) is 0 Å². The van der Waals surface area contributed by atoms with Crippen LogP contribution in [-0.2, 0) is 12.8 Å². The quantitative estimate of drug-likeness (QED) is 0.567. The molecule has 4 nitrogen and oxygen atoms in total. The van der Waals surface area contributed by atoms with Gasteiger partial charge in [-0.05, 0) is 30.5 Å². The van der Waals surface area contributed by atoms with Crippen LogP contribution < -0.4 is 10.6 Å². The lowest BCUT2D eigenvalue weighted by atomic mass is 10.1. The highest BCUT2D eigenvalue weighted by Crippen LogP contribution is 2.40. The molecule has 1 saturated carbocycles. The Bertz CT molecular complexity index is 695. The zero-order chi connectivity index (χ0) is 16.9. The summed E-state index contributed by atoms with van der Waals surface area (Å²) in [6.07, 6.45) is 5.15. The van der Waals surface area contributed by atoms with Crippen molar-refractivity contribution in [2.24, 2.45) is 4.99 Å². The molecule has 3 rings (SSSR count). The lowest BCUT2D eigenvalue weighted by Gasteiger charge is -2.11. The zero-order valence-corrected chi connectivity index (χ0v) is 16.5. The fraction of sp³-hybridized carbons (Fsp3) is 0.444. The summed E-state index contributed by atoms with van der Waals surface area (Å²) < 4.78 is 1.13. The van der Waals surface area contributed by atoms with Crippen LogP contribution in [0.4, 0.5) is 0 Å². The lowest BCUT2D eigenvalue weighted by molar-refractivity contribution is 0.778. The predicted molar refractivity (Wildman–Crippen MR) is 105 cm³/mol. The molecule has 1 aliphatic carbocycles. The SMILES string of the molecule is CCc1cnc(CCNC(=NC)NC2CC2c2ccc(Br)cc2)s1. The summed E-state index contributed by atoms with van der Waals surface area (Å²) in [6, 6.07) is 9.08. The van der Waals surface area contributed by atoms with Gasteiger partial charge in [0.15, 0.2) is 5.96 Å². The fourth-order valence-corrected chi connectivity index (χ4v) is 3.84. The van der Waals surface area contributed by atoms with E-state index < -0.39 is 0 Å². The molecule has 0 saturated heterocycles. The number of aryl methyl sites for hydroxylation is 1. The van der Waals surface area contributed by atoms with Gasteiger partial charge >= 0.3 is 0 Å². The van der Waals surface area contributed by atoms with E-state index in [1.54, 1.807) is 11.3 Å². The van der Waals surface area contributed by atoms with Crippen LogP contribution in [0.15, 0.2) is 39.9 Å².